The van der Waals surface area contributed by atoms with Gasteiger partial charge in [0.25, 0.3) is 5.56 Å². The molecule has 0 aromatic carbocycles. The van der Waals surface area contributed by atoms with Crippen molar-refractivity contribution in [2.24, 2.45) is 7.05 Å². The van der Waals surface area contributed by atoms with Crippen molar-refractivity contribution in [2.75, 3.05) is 26.0 Å². The van der Waals surface area contributed by atoms with Crippen LogP contribution in [0.5, 0.6) is 0 Å². The largest absolute Gasteiger partial charge is 0.377 e. The van der Waals surface area contributed by atoms with E-state index >= 15 is 0 Å². The second kappa shape index (κ2) is 6.86. The SMILES string of the molecule is CN(C)CCn1ncc(NCc2ccn(C)n2)c(Br)c1=O. The molecule has 0 atom stereocenters. The second-order valence-corrected chi connectivity index (χ2v) is 5.83. The number of hydrogen-bond acceptors (Lipinski definition) is 5. The Hall–Kier alpha value is -1.67. The van der Waals surface area contributed by atoms with E-state index in [1.54, 1.807) is 10.9 Å². The number of aryl methyl sites for hydroxylation is 1. The number of hydrogen-bond donors (Lipinski definition) is 1. The number of likely N-dealkylation sites (N-methyl/N-ethyl adjacent to an activating group) is 1. The maximum atomic E-state index is 12.2. The van der Waals surface area contributed by atoms with Crippen LogP contribution in [0.25, 0.3) is 0 Å². The van der Waals surface area contributed by atoms with Crippen molar-refractivity contribution < 1.29 is 0 Å². The van der Waals surface area contributed by atoms with Crippen molar-refractivity contribution in [1.82, 2.24) is 24.5 Å². The Morgan fingerprint density at radius 3 is 2.81 bits per heavy atom. The van der Waals surface area contributed by atoms with Crippen LogP contribution in [-0.2, 0) is 20.1 Å². The maximum Gasteiger partial charge on any atom is 0.283 e. The van der Waals surface area contributed by atoms with E-state index < -0.39 is 0 Å². The average Bonchev–Trinajstić information content (AvgIpc) is 2.85. The summed E-state index contributed by atoms with van der Waals surface area (Å²) in [5.41, 5.74) is 1.44. The molecule has 2 rings (SSSR count). The number of anilines is 1. The zero-order valence-electron chi connectivity index (χ0n) is 12.4. The Labute approximate surface area is 131 Å². The summed E-state index contributed by atoms with van der Waals surface area (Å²) in [7, 11) is 5.79. The van der Waals surface area contributed by atoms with Crippen molar-refractivity contribution in [1.29, 1.82) is 0 Å². The van der Waals surface area contributed by atoms with Crippen LogP contribution in [0, 0.1) is 0 Å². The standard InChI is InChI=1S/C13H19BrN6O/c1-18(2)6-7-20-13(21)12(14)11(9-16-20)15-8-10-4-5-19(3)17-10/h4-5,9,15H,6-8H2,1-3H3. The monoisotopic (exact) mass is 354 g/mol. The molecule has 2 aromatic rings. The molecule has 0 amide bonds. The van der Waals surface area contributed by atoms with Crippen molar-refractivity contribution in [3.8, 4) is 0 Å². The molecule has 0 unspecified atom stereocenters. The summed E-state index contributed by atoms with van der Waals surface area (Å²) in [6.07, 6.45) is 3.54. The molecule has 0 bridgehead atoms. The summed E-state index contributed by atoms with van der Waals surface area (Å²) in [5, 5.41) is 11.6. The van der Waals surface area contributed by atoms with Crippen molar-refractivity contribution in [2.45, 2.75) is 13.1 Å². The molecule has 8 heteroatoms. The smallest absolute Gasteiger partial charge is 0.283 e. The van der Waals surface area contributed by atoms with Gasteiger partial charge in [0.05, 0.1) is 30.7 Å². The molecule has 1 N–H and O–H groups in total. The van der Waals surface area contributed by atoms with Gasteiger partial charge in [0.2, 0.25) is 0 Å². The van der Waals surface area contributed by atoms with E-state index in [0.717, 1.165) is 12.2 Å². The Bertz CT molecular complexity index is 663. The number of nitrogens with one attached hydrogen (secondary N) is 1. The first-order valence-electron chi connectivity index (χ1n) is 6.60. The first kappa shape index (κ1) is 15.7. The van der Waals surface area contributed by atoms with E-state index in [0.29, 0.717) is 23.2 Å². The van der Waals surface area contributed by atoms with Gasteiger partial charge in [-0.2, -0.15) is 10.2 Å². The van der Waals surface area contributed by atoms with Gasteiger partial charge in [-0.25, -0.2) is 4.68 Å². The van der Waals surface area contributed by atoms with Crippen LogP contribution in [0.4, 0.5) is 5.69 Å². The van der Waals surface area contributed by atoms with Crippen molar-refractivity contribution >= 4 is 21.6 Å². The molecule has 0 spiro atoms. The minimum Gasteiger partial charge on any atom is -0.377 e. The molecule has 0 aliphatic heterocycles. The quantitative estimate of drug-likeness (QED) is 0.835. The summed E-state index contributed by atoms with van der Waals surface area (Å²) in [4.78, 5) is 14.2. The molecule has 0 aliphatic rings. The first-order valence-corrected chi connectivity index (χ1v) is 7.39. The number of halogens is 1. The fourth-order valence-electron chi connectivity index (χ4n) is 1.79. The van der Waals surface area contributed by atoms with Gasteiger partial charge in [0, 0.05) is 19.8 Å². The number of rotatable bonds is 6. The molecular weight excluding hydrogens is 336 g/mol. The lowest BCUT2D eigenvalue weighted by Gasteiger charge is -2.12. The molecular formula is C13H19BrN6O. The summed E-state index contributed by atoms with van der Waals surface area (Å²) < 4.78 is 3.69. The Balaban J connectivity index is 2.07. The third-order valence-electron chi connectivity index (χ3n) is 2.97. The van der Waals surface area contributed by atoms with Gasteiger partial charge < -0.3 is 10.2 Å². The second-order valence-electron chi connectivity index (χ2n) is 5.04. The third-order valence-corrected chi connectivity index (χ3v) is 3.74. The van der Waals surface area contributed by atoms with Crippen LogP contribution in [0.1, 0.15) is 5.69 Å². The highest BCUT2D eigenvalue weighted by Gasteiger charge is 2.09. The van der Waals surface area contributed by atoms with Crippen LogP contribution < -0.4 is 10.9 Å². The van der Waals surface area contributed by atoms with E-state index in [4.69, 9.17) is 0 Å². The third kappa shape index (κ3) is 4.15. The molecule has 7 nitrogen and oxygen atoms in total. The van der Waals surface area contributed by atoms with Gasteiger partial charge in [0.1, 0.15) is 4.47 Å². The van der Waals surface area contributed by atoms with E-state index in [-0.39, 0.29) is 5.56 Å². The summed E-state index contributed by atoms with van der Waals surface area (Å²) in [6, 6.07) is 1.92. The highest BCUT2D eigenvalue weighted by atomic mass is 79.9. The maximum absolute atomic E-state index is 12.2. The van der Waals surface area contributed by atoms with E-state index in [1.807, 2.05) is 38.3 Å². The minimum atomic E-state index is -0.136. The molecule has 0 saturated heterocycles. The molecule has 2 aromatic heterocycles. The van der Waals surface area contributed by atoms with Crippen molar-refractivity contribution in [3.05, 3.63) is 39.0 Å². The Kier molecular flexibility index (Phi) is 5.13. The summed E-state index contributed by atoms with van der Waals surface area (Å²) >= 11 is 3.34. The van der Waals surface area contributed by atoms with Crippen molar-refractivity contribution in [3.63, 3.8) is 0 Å². The fourth-order valence-corrected chi connectivity index (χ4v) is 2.23. The zero-order valence-corrected chi connectivity index (χ0v) is 14.0. The lowest BCUT2D eigenvalue weighted by Crippen LogP contribution is -2.29. The highest BCUT2D eigenvalue weighted by Crippen LogP contribution is 2.16. The van der Waals surface area contributed by atoms with Gasteiger partial charge in [-0.15, -0.1) is 0 Å². The normalized spacial score (nSPS) is 11.1. The van der Waals surface area contributed by atoms with Gasteiger partial charge in [-0.1, -0.05) is 0 Å². The molecule has 21 heavy (non-hydrogen) atoms. The van der Waals surface area contributed by atoms with Crippen LogP contribution in [0.15, 0.2) is 27.7 Å². The Morgan fingerprint density at radius 1 is 1.43 bits per heavy atom. The predicted octanol–water partition coefficient (Wildman–Crippen LogP) is 0.913. The lowest BCUT2D eigenvalue weighted by molar-refractivity contribution is 0.367. The van der Waals surface area contributed by atoms with Crippen LogP contribution in [0.2, 0.25) is 0 Å². The average molecular weight is 355 g/mol. The van der Waals surface area contributed by atoms with E-state index in [2.05, 4.69) is 31.4 Å². The predicted molar refractivity (Wildman–Crippen MR) is 85.3 cm³/mol. The minimum absolute atomic E-state index is 0.136. The van der Waals surface area contributed by atoms with Gasteiger partial charge >= 0.3 is 0 Å². The topological polar surface area (TPSA) is 68.0 Å². The molecule has 2 heterocycles. The summed E-state index contributed by atoms with van der Waals surface area (Å²) in [6.45, 7) is 1.87. The molecule has 0 radical (unpaired) electrons. The van der Waals surface area contributed by atoms with Gasteiger partial charge in [-0.3, -0.25) is 9.48 Å². The highest BCUT2D eigenvalue weighted by molar-refractivity contribution is 9.10. The number of nitrogens with zero attached hydrogens (tertiary/aromatic N) is 5. The summed E-state index contributed by atoms with van der Waals surface area (Å²) in [5.74, 6) is 0. The first-order chi connectivity index (χ1) is 9.97. The lowest BCUT2D eigenvalue weighted by atomic mass is 10.4. The van der Waals surface area contributed by atoms with Crippen LogP contribution in [-0.4, -0.2) is 45.1 Å². The molecule has 0 saturated carbocycles. The van der Waals surface area contributed by atoms with Crippen LogP contribution >= 0.6 is 15.9 Å². The zero-order chi connectivity index (χ0) is 15.4. The van der Waals surface area contributed by atoms with Crippen LogP contribution in [0.3, 0.4) is 0 Å². The number of aromatic nitrogens is 4. The fraction of sp³-hybridized carbons (Fsp3) is 0.462. The van der Waals surface area contributed by atoms with Gasteiger partial charge in [-0.05, 0) is 36.1 Å². The molecule has 114 valence electrons. The van der Waals surface area contributed by atoms with E-state index in [1.165, 1.54) is 4.68 Å². The van der Waals surface area contributed by atoms with Gasteiger partial charge in [0.15, 0.2) is 0 Å². The molecule has 0 aliphatic carbocycles. The van der Waals surface area contributed by atoms with E-state index in [9.17, 15) is 4.79 Å². The Morgan fingerprint density at radius 2 is 2.19 bits per heavy atom. The molecule has 0 fully saturated rings.